The first-order valence-corrected chi connectivity index (χ1v) is 8.07. The Balaban J connectivity index is 1.84. The molecule has 126 valence electrons. The lowest BCUT2D eigenvalue weighted by Gasteiger charge is -2.11. The summed E-state index contributed by atoms with van der Waals surface area (Å²) in [5, 5.41) is 6.04. The minimum absolute atomic E-state index is 0.264. The Morgan fingerprint density at radius 1 is 0.920 bits per heavy atom. The molecule has 0 unspecified atom stereocenters. The third-order valence-corrected chi connectivity index (χ3v) is 3.75. The van der Waals surface area contributed by atoms with Crippen molar-refractivity contribution < 1.29 is 4.79 Å². The summed E-state index contributed by atoms with van der Waals surface area (Å²) in [6.07, 6.45) is 0. The van der Waals surface area contributed by atoms with E-state index in [1.807, 2.05) is 63.2 Å². The van der Waals surface area contributed by atoms with E-state index in [0.29, 0.717) is 11.6 Å². The van der Waals surface area contributed by atoms with Gasteiger partial charge in [0.05, 0.1) is 0 Å². The van der Waals surface area contributed by atoms with Crippen molar-refractivity contribution >= 4 is 23.2 Å². The summed E-state index contributed by atoms with van der Waals surface area (Å²) in [5.41, 5.74) is 4.99. The van der Waals surface area contributed by atoms with Crippen LogP contribution in [0.15, 0.2) is 54.6 Å². The van der Waals surface area contributed by atoms with Gasteiger partial charge in [0.25, 0.3) is 5.91 Å². The van der Waals surface area contributed by atoms with Gasteiger partial charge in [-0.25, -0.2) is 9.97 Å². The van der Waals surface area contributed by atoms with Crippen LogP contribution >= 0.6 is 0 Å². The highest BCUT2D eigenvalue weighted by atomic mass is 16.1. The van der Waals surface area contributed by atoms with Crippen LogP contribution in [0.3, 0.4) is 0 Å². The van der Waals surface area contributed by atoms with E-state index in [-0.39, 0.29) is 5.91 Å². The second-order valence-corrected chi connectivity index (χ2v) is 5.98. The molecule has 2 aromatic carbocycles. The lowest BCUT2D eigenvalue weighted by molar-refractivity contribution is 0.102. The molecule has 5 heteroatoms. The highest BCUT2D eigenvalue weighted by Crippen LogP contribution is 2.20. The maximum Gasteiger partial charge on any atom is 0.274 e. The molecule has 1 aromatic heterocycles. The fourth-order valence-electron chi connectivity index (χ4n) is 2.53. The fourth-order valence-corrected chi connectivity index (χ4v) is 2.53. The van der Waals surface area contributed by atoms with E-state index in [9.17, 15) is 4.79 Å². The van der Waals surface area contributed by atoms with Gasteiger partial charge in [0.2, 0.25) is 5.95 Å². The molecule has 0 aliphatic heterocycles. The average molecular weight is 332 g/mol. The van der Waals surface area contributed by atoms with Gasteiger partial charge >= 0.3 is 0 Å². The van der Waals surface area contributed by atoms with Gasteiger partial charge in [0.15, 0.2) is 0 Å². The lowest BCUT2D eigenvalue weighted by atomic mass is 10.1. The molecule has 25 heavy (non-hydrogen) atoms. The predicted molar refractivity (Wildman–Crippen MR) is 100 cm³/mol. The van der Waals surface area contributed by atoms with Gasteiger partial charge in [-0.2, -0.15) is 0 Å². The molecular weight excluding hydrogens is 312 g/mol. The van der Waals surface area contributed by atoms with Crippen molar-refractivity contribution in [1.82, 2.24) is 9.97 Å². The van der Waals surface area contributed by atoms with Crippen LogP contribution in [0.25, 0.3) is 0 Å². The monoisotopic (exact) mass is 332 g/mol. The van der Waals surface area contributed by atoms with Crippen LogP contribution in [0, 0.1) is 20.8 Å². The van der Waals surface area contributed by atoms with E-state index >= 15 is 0 Å². The van der Waals surface area contributed by atoms with Crippen molar-refractivity contribution in [3.63, 3.8) is 0 Å². The zero-order valence-corrected chi connectivity index (χ0v) is 14.5. The van der Waals surface area contributed by atoms with Crippen molar-refractivity contribution in [3.05, 3.63) is 77.1 Å². The first kappa shape index (κ1) is 16.6. The zero-order chi connectivity index (χ0) is 17.8. The Hall–Kier alpha value is -3.21. The second kappa shape index (κ2) is 7.13. The summed E-state index contributed by atoms with van der Waals surface area (Å²) < 4.78 is 0. The molecule has 0 bridgehead atoms. The number of anilines is 3. The van der Waals surface area contributed by atoms with Gasteiger partial charge in [-0.05, 0) is 50.6 Å². The number of aromatic nitrogens is 2. The van der Waals surface area contributed by atoms with Gasteiger partial charge < -0.3 is 10.6 Å². The summed E-state index contributed by atoms with van der Waals surface area (Å²) >= 11 is 0. The van der Waals surface area contributed by atoms with Gasteiger partial charge in [-0.3, -0.25) is 4.79 Å². The highest BCUT2D eigenvalue weighted by molar-refractivity contribution is 6.03. The molecule has 1 heterocycles. The minimum atomic E-state index is -0.264. The largest absolute Gasteiger partial charge is 0.324 e. The van der Waals surface area contributed by atoms with Gasteiger partial charge in [0, 0.05) is 17.1 Å². The molecule has 0 saturated heterocycles. The van der Waals surface area contributed by atoms with Crippen molar-refractivity contribution in [2.24, 2.45) is 0 Å². The predicted octanol–water partition coefficient (Wildman–Crippen LogP) is 4.40. The molecule has 2 N–H and O–H groups in total. The van der Waals surface area contributed by atoms with Crippen LogP contribution in [-0.2, 0) is 0 Å². The zero-order valence-electron chi connectivity index (χ0n) is 14.5. The number of para-hydroxylation sites is 1. The summed E-state index contributed by atoms with van der Waals surface area (Å²) in [6, 6.07) is 17.1. The minimum Gasteiger partial charge on any atom is -0.324 e. The Labute approximate surface area is 147 Å². The summed E-state index contributed by atoms with van der Waals surface area (Å²) in [7, 11) is 0. The second-order valence-electron chi connectivity index (χ2n) is 5.98. The first-order valence-electron chi connectivity index (χ1n) is 8.07. The van der Waals surface area contributed by atoms with Crippen molar-refractivity contribution in [2.45, 2.75) is 20.8 Å². The SMILES string of the molecule is Cc1ccc(Nc2nc(C)cc(C(=O)Nc3ccccc3)n2)c(C)c1. The Kier molecular flexibility index (Phi) is 4.75. The number of benzene rings is 2. The third kappa shape index (κ3) is 4.20. The molecule has 5 nitrogen and oxygen atoms in total. The molecule has 0 fully saturated rings. The van der Waals surface area contributed by atoms with E-state index in [2.05, 4.69) is 26.7 Å². The topological polar surface area (TPSA) is 66.9 Å². The number of carbonyl (C=O) groups excluding carboxylic acids is 1. The molecule has 0 aliphatic carbocycles. The molecule has 3 aromatic rings. The number of nitrogens with one attached hydrogen (secondary N) is 2. The van der Waals surface area contributed by atoms with Gasteiger partial charge in [-0.1, -0.05) is 35.9 Å². The Bertz CT molecular complexity index is 907. The van der Waals surface area contributed by atoms with Gasteiger partial charge in [0.1, 0.15) is 5.69 Å². The van der Waals surface area contributed by atoms with Crippen molar-refractivity contribution in [3.8, 4) is 0 Å². The number of hydrogen-bond donors (Lipinski definition) is 2. The third-order valence-electron chi connectivity index (χ3n) is 3.75. The lowest BCUT2D eigenvalue weighted by Crippen LogP contribution is -2.15. The van der Waals surface area contributed by atoms with E-state index < -0.39 is 0 Å². The standard InChI is InChI=1S/C20H20N4O/c1-13-9-10-17(14(2)11-13)23-20-21-15(3)12-18(24-20)19(25)22-16-7-5-4-6-8-16/h4-12H,1-3H3,(H,22,25)(H,21,23,24). The van der Waals surface area contributed by atoms with Crippen LogP contribution in [0.1, 0.15) is 27.3 Å². The highest BCUT2D eigenvalue weighted by Gasteiger charge is 2.11. The van der Waals surface area contributed by atoms with Crippen LogP contribution < -0.4 is 10.6 Å². The Morgan fingerprint density at radius 3 is 2.40 bits per heavy atom. The number of amides is 1. The number of nitrogens with zero attached hydrogens (tertiary/aromatic N) is 2. The summed E-state index contributed by atoms with van der Waals surface area (Å²) in [4.78, 5) is 21.2. The summed E-state index contributed by atoms with van der Waals surface area (Å²) in [6.45, 7) is 5.91. The molecule has 0 saturated carbocycles. The molecule has 3 rings (SSSR count). The molecule has 1 amide bonds. The number of rotatable bonds is 4. The van der Waals surface area contributed by atoms with Crippen molar-refractivity contribution in [1.29, 1.82) is 0 Å². The van der Waals surface area contributed by atoms with Crippen LogP contribution in [0.4, 0.5) is 17.3 Å². The van der Waals surface area contributed by atoms with Crippen LogP contribution in [0.2, 0.25) is 0 Å². The molecule has 0 radical (unpaired) electrons. The summed E-state index contributed by atoms with van der Waals surface area (Å²) in [5.74, 6) is 0.144. The first-order chi connectivity index (χ1) is 12.0. The number of aryl methyl sites for hydroxylation is 3. The molecule has 0 atom stereocenters. The normalized spacial score (nSPS) is 10.4. The van der Waals surface area contributed by atoms with Crippen LogP contribution in [0.5, 0.6) is 0 Å². The molecular formula is C20H20N4O. The van der Waals surface area contributed by atoms with Crippen molar-refractivity contribution in [2.75, 3.05) is 10.6 Å². The van der Waals surface area contributed by atoms with E-state index in [0.717, 1.165) is 22.6 Å². The maximum atomic E-state index is 12.5. The quantitative estimate of drug-likeness (QED) is 0.743. The fraction of sp³-hybridized carbons (Fsp3) is 0.150. The van der Waals surface area contributed by atoms with Gasteiger partial charge in [-0.15, -0.1) is 0 Å². The average Bonchev–Trinajstić information content (AvgIpc) is 2.58. The molecule has 0 spiro atoms. The number of carbonyl (C=O) groups is 1. The smallest absolute Gasteiger partial charge is 0.274 e. The molecule has 0 aliphatic rings. The van der Waals surface area contributed by atoms with E-state index in [4.69, 9.17) is 0 Å². The van der Waals surface area contributed by atoms with E-state index in [1.165, 1.54) is 5.56 Å². The number of hydrogen-bond acceptors (Lipinski definition) is 4. The van der Waals surface area contributed by atoms with Crippen LogP contribution in [-0.4, -0.2) is 15.9 Å². The van der Waals surface area contributed by atoms with E-state index in [1.54, 1.807) is 6.07 Å². The Morgan fingerprint density at radius 2 is 1.68 bits per heavy atom. The maximum absolute atomic E-state index is 12.5.